The zero-order valence-electron chi connectivity index (χ0n) is 18.3. The molecule has 33 heavy (non-hydrogen) atoms. The monoisotopic (exact) mass is 470 g/mol. The van der Waals surface area contributed by atoms with Gasteiger partial charge in [-0.05, 0) is 44.4 Å². The molecule has 0 atom stereocenters. The number of ketones is 1. The number of aromatic nitrogens is 2. The maximum absolute atomic E-state index is 13.5. The number of hydrogen-bond donors (Lipinski definition) is 0. The molecule has 0 saturated heterocycles. The smallest absolute Gasteiger partial charge is 0.361 e. The predicted molar refractivity (Wildman–Crippen MR) is 120 cm³/mol. The summed E-state index contributed by atoms with van der Waals surface area (Å²) in [6.45, 7) is 4.12. The van der Waals surface area contributed by atoms with E-state index < -0.39 is 11.8 Å². The lowest BCUT2D eigenvalue weighted by Crippen LogP contribution is -2.21. The summed E-state index contributed by atoms with van der Waals surface area (Å²) in [5.74, 6) is -0.428. The van der Waals surface area contributed by atoms with E-state index in [9.17, 15) is 14.4 Å². The van der Waals surface area contributed by atoms with E-state index in [1.54, 1.807) is 37.4 Å². The minimum Gasteiger partial charge on any atom is -0.490 e. The first-order valence-corrected chi connectivity index (χ1v) is 11.1. The number of esters is 1. The highest BCUT2D eigenvalue weighted by Gasteiger charge is 2.38. The predicted octanol–water partition coefficient (Wildman–Crippen LogP) is 4.16. The molecule has 0 radical (unpaired) electrons. The second kappa shape index (κ2) is 9.62. The van der Waals surface area contributed by atoms with Crippen LogP contribution in [0.2, 0.25) is 5.02 Å². The molecule has 9 heteroatoms. The molecule has 0 aliphatic heterocycles. The van der Waals surface area contributed by atoms with Crippen LogP contribution in [0.3, 0.4) is 0 Å². The standard InChI is InChI=1S/C24H23ClN2O6/c1-3-31-24(30)20-18(23(33-26-20)15-8-9-15)21(29)16-10-7-14(2)22(19(16)25)32-13-12-27-11-5-4-6-17(27)28/h4-7,10-11,15H,3,8-9,12-13H2,1-2H3. The molecule has 1 aromatic carbocycles. The number of halogens is 1. The minimum absolute atomic E-state index is 0.0451. The van der Waals surface area contributed by atoms with Gasteiger partial charge >= 0.3 is 5.97 Å². The Kier molecular flexibility index (Phi) is 6.65. The van der Waals surface area contributed by atoms with Crippen molar-refractivity contribution in [2.75, 3.05) is 13.2 Å². The molecule has 4 rings (SSSR count). The highest BCUT2D eigenvalue weighted by molar-refractivity contribution is 6.36. The van der Waals surface area contributed by atoms with E-state index in [1.165, 1.54) is 10.6 Å². The molecule has 8 nitrogen and oxygen atoms in total. The van der Waals surface area contributed by atoms with Gasteiger partial charge in [-0.15, -0.1) is 0 Å². The van der Waals surface area contributed by atoms with Gasteiger partial charge in [0.2, 0.25) is 11.5 Å². The van der Waals surface area contributed by atoms with Crippen molar-refractivity contribution >= 4 is 23.4 Å². The molecule has 2 heterocycles. The Balaban J connectivity index is 1.63. The van der Waals surface area contributed by atoms with Crippen LogP contribution in [-0.2, 0) is 11.3 Å². The third-order valence-corrected chi connectivity index (χ3v) is 5.75. The number of hydrogen-bond acceptors (Lipinski definition) is 7. The van der Waals surface area contributed by atoms with E-state index in [0.29, 0.717) is 18.1 Å². The van der Waals surface area contributed by atoms with Crippen LogP contribution in [0, 0.1) is 6.92 Å². The molecule has 3 aromatic rings. The Bertz CT molecular complexity index is 1260. The van der Waals surface area contributed by atoms with Gasteiger partial charge in [-0.3, -0.25) is 9.59 Å². The summed E-state index contributed by atoms with van der Waals surface area (Å²) in [5, 5.41) is 3.95. The van der Waals surface area contributed by atoms with Crippen LogP contribution in [0.4, 0.5) is 0 Å². The van der Waals surface area contributed by atoms with Crippen molar-refractivity contribution < 1.29 is 23.6 Å². The molecule has 0 unspecified atom stereocenters. The van der Waals surface area contributed by atoms with E-state index >= 15 is 0 Å². The number of aryl methyl sites for hydroxylation is 1. The first-order chi connectivity index (χ1) is 15.9. The van der Waals surface area contributed by atoms with Gasteiger partial charge in [0.1, 0.15) is 17.9 Å². The molecule has 1 saturated carbocycles. The Morgan fingerprint density at radius 2 is 2.03 bits per heavy atom. The van der Waals surface area contributed by atoms with Gasteiger partial charge in [-0.1, -0.05) is 28.9 Å². The lowest BCUT2D eigenvalue weighted by atomic mass is 9.98. The minimum atomic E-state index is -0.718. The zero-order valence-corrected chi connectivity index (χ0v) is 19.1. The van der Waals surface area contributed by atoms with Gasteiger partial charge in [-0.2, -0.15) is 0 Å². The van der Waals surface area contributed by atoms with Crippen molar-refractivity contribution in [3.05, 3.63) is 80.0 Å². The molecule has 0 spiro atoms. The van der Waals surface area contributed by atoms with Gasteiger partial charge < -0.3 is 18.6 Å². The Labute approximate surface area is 195 Å². The Morgan fingerprint density at radius 1 is 1.24 bits per heavy atom. The van der Waals surface area contributed by atoms with Gasteiger partial charge in [0.15, 0.2) is 5.76 Å². The highest BCUT2D eigenvalue weighted by atomic mass is 35.5. The van der Waals surface area contributed by atoms with Crippen LogP contribution in [0.1, 0.15) is 63.4 Å². The van der Waals surface area contributed by atoms with E-state index in [0.717, 1.165) is 18.4 Å². The molecular weight excluding hydrogens is 448 g/mol. The second-order valence-corrected chi connectivity index (χ2v) is 8.13. The summed E-state index contributed by atoms with van der Waals surface area (Å²) in [6, 6.07) is 8.21. The van der Waals surface area contributed by atoms with E-state index in [-0.39, 0.29) is 46.5 Å². The van der Waals surface area contributed by atoms with E-state index in [1.807, 2.05) is 6.92 Å². The highest BCUT2D eigenvalue weighted by Crippen LogP contribution is 2.44. The maximum atomic E-state index is 13.5. The first kappa shape index (κ1) is 22.8. The molecule has 1 fully saturated rings. The summed E-state index contributed by atoms with van der Waals surface area (Å²) in [5.41, 5.74) is 0.703. The van der Waals surface area contributed by atoms with Crippen molar-refractivity contribution in [1.29, 1.82) is 0 Å². The average Bonchev–Trinajstić information content (AvgIpc) is 3.54. The third-order valence-electron chi connectivity index (χ3n) is 5.38. The Hall–Kier alpha value is -3.39. The van der Waals surface area contributed by atoms with Crippen LogP contribution >= 0.6 is 11.6 Å². The molecule has 2 aromatic heterocycles. The van der Waals surface area contributed by atoms with Crippen molar-refractivity contribution in [2.24, 2.45) is 0 Å². The zero-order chi connectivity index (χ0) is 23.5. The number of rotatable bonds is 9. The first-order valence-electron chi connectivity index (χ1n) is 10.7. The summed E-state index contributed by atoms with van der Waals surface area (Å²) in [7, 11) is 0. The molecule has 0 amide bonds. The number of benzene rings is 1. The Morgan fingerprint density at radius 3 is 2.73 bits per heavy atom. The summed E-state index contributed by atoms with van der Waals surface area (Å²) < 4.78 is 17.8. The number of nitrogens with zero attached hydrogens (tertiary/aromatic N) is 2. The number of pyridine rings is 1. The van der Waals surface area contributed by atoms with Crippen molar-refractivity contribution in [3.63, 3.8) is 0 Å². The van der Waals surface area contributed by atoms with Crippen LogP contribution < -0.4 is 10.3 Å². The number of carbonyl (C=O) groups excluding carboxylic acids is 2. The van der Waals surface area contributed by atoms with Crippen molar-refractivity contribution in [1.82, 2.24) is 9.72 Å². The SMILES string of the molecule is CCOC(=O)c1noc(C2CC2)c1C(=O)c1ccc(C)c(OCCn2ccccc2=O)c1Cl. The lowest BCUT2D eigenvalue weighted by molar-refractivity contribution is 0.0512. The van der Waals surface area contributed by atoms with Crippen LogP contribution in [-0.4, -0.2) is 34.7 Å². The van der Waals surface area contributed by atoms with Gasteiger partial charge in [-0.25, -0.2) is 4.79 Å². The van der Waals surface area contributed by atoms with Crippen LogP contribution in [0.15, 0.2) is 45.8 Å². The summed E-state index contributed by atoms with van der Waals surface area (Å²) in [6.07, 6.45) is 3.38. The number of carbonyl (C=O) groups is 2. The molecule has 172 valence electrons. The fourth-order valence-electron chi connectivity index (χ4n) is 3.52. The molecule has 0 N–H and O–H groups in total. The molecule has 0 bridgehead atoms. The van der Waals surface area contributed by atoms with Crippen LogP contribution in [0.5, 0.6) is 5.75 Å². The number of ether oxygens (including phenoxy) is 2. The van der Waals surface area contributed by atoms with Crippen molar-refractivity contribution in [2.45, 2.75) is 39.2 Å². The van der Waals surface area contributed by atoms with Gasteiger partial charge in [0.25, 0.3) is 5.56 Å². The van der Waals surface area contributed by atoms with E-state index in [4.69, 9.17) is 25.6 Å². The molecule has 1 aliphatic carbocycles. The fraction of sp³-hybridized carbons (Fsp3) is 0.333. The van der Waals surface area contributed by atoms with E-state index in [2.05, 4.69) is 5.16 Å². The molecular formula is C24H23ClN2O6. The lowest BCUT2D eigenvalue weighted by Gasteiger charge is -2.14. The maximum Gasteiger partial charge on any atom is 0.361 e. The van der Waals surface area contributed by atoms with Gasteiger partial charge in [0, 0.05) is 23.7 Å². The topological polar surface area (TPSA) is 101 Å². The largest absolute Gasteiger partial charge is 0.490 e. The van der Waals surface area contributed by atoms with Crippen molar-refractivity contribution in [3.8, 4) is 5.75 Å². The fourth-order valence-corrected chi connectivity index (χ4v) is 3.87. The molecule has 1 aliphatic rings. The summed E-state index contributed by atoms with van der Waals surface area (Å²) >= 11 is 6.60. The van der Waals surface area contributed by atoms with Gasteiger partial charge in [0.05, 0.1) is 18.2 Å². The average molecular weight is 471 g/mol. The normalized spacial score (nSPS) is 13.1. The van der Waals surface area contributed by atoms with Crippen LogP contribution in [0.25, 0.3) is 0 Å². The third kappa shape index (κ3) is 4.71. The quantitative estimate of drug-likeness (QED) is 0.342. The second-order valence-electron chi connectivity index (χ2n) is 7.75. The summed E-state index contributed by atoms with van der Waals surface area (Å²) in [4.78, 5) is 37.8.